The topological polar surface area (TPSA) is 74.5 Å². The highest BCUT2D eigenvalue weighted by atomic mass is 79.9. The van der Waals surface area contributed by atoms with Crippen LogP contribution >= 0.6 is 43.2 Å². The fraction of sp³-hybridized carbons (Fsp3) is 0.167. The number of para-hydroxylation sites is 1. The summed E-state index contributed by atoms with van der Waals surface area (Å²) in [6.07, 6.45) is 5.79. The second kappa shape index (κ2) is 12.1. The van der Waals surface area contributed by atoms with Crippen LogP contribution < -0.4 is 10.1 Å². The van der Waals surface area contributed by atoms with Gasteiger partial charge in [0.1, 0.15) is 17.4 Å². The summed E-state index contributed by atoms with van der Waals surface area (Å²) in [7, 11) is 0. The highest BCUT2D eigenvalue weighted by Crippen LogP contribution is 2.41. The molecule has 1 aliphatic carbocycles. The van der Waals surface area contributed by atoms with E-state index in [1.165, 1.54) is 4.88 Å². The minimum Gasteiger partial charge on any atom is -0.487 e. The number of hydrogen-bond acceptors (Lipinski definition) is 5. The molecule has 0 bridgehead atoms. The number of ether oxygens (including phenoxy) is 1. The minimum atomic E-state index is -0.136. The fourth-order valence-corrected chi connectivity index (χ4v) is 7.06. The van der Waals surface area contributed by atoms with Crippen LogP contribution in [0.15, 0.2) is 80.7 Å². The Labute approximate surface area is 242 Å². The summed E-state index contributed by atoms with van der Waals surface area (Å²) < 4.78 is 7.82. The van der Waals surface area contributed by atoms with Crippen molar-refractivity contribution in [1.29, 1.82) is 5.26 Å². The molecule has 0 saturated carbocycles. The van der Waals surface area contributed by atoms with Crippen LogP contribution in [0.2, 0.25) is 0 Å². The number of hydrogen-bond donors (Lipinski definition) is 1. The first kappa shape index (κ1) is 26.4. The monoisotopic (exact) mass is 647 g/mol. The molecule has 1 amide bonds. The molecule has 0 fully saturated rings. The van der Waals surface area contributed by atoms with E-state index in [1.807, 2.05) is 60.7 Å². The second-order valence-corrected chi connectivity index (χ2v) is 11.7. The molecule has 0 radical (unpaired) electrons. The van der Waals surface area contributed by atoms with Crippen LogP contribution in [0, 0.1) is 11.3 Å². The number of anilines is 1. The van der Waals surface area contributed by atoms with E-state index < -0.39 is 0 Å². The first-order valence-corrected chi connectivity index (χ1v) is 14.6. The molecule has 1 aliphatic rings. The third-order valence-electron chi connectivity index (χ3n) is 6.28. The number of aliphatic imine (C=N–C) groups is 1. The molecule has 8 heteroatoms. The molecule has 4 aromatic rings. The molecule has 1 N–H and O–H groups in total. The summed E-state index contributed by atoms with van der Waals surface area (Å²) in [5, 5.41) is 13.2. The van der Waals surface area contributed by atoms with Gasteiger partial charge in [0.05, 0.1) is 21.7 Å². The van der Waals surface area contributed by atoms with Gasteiger partial charge in [-0.25, -0.2) is 4.99 Å². The smallest absolute Gasteiger partial charge is 0.259 e. The first-order chi connectivity index (χ1) is 18.5. The van der Waals surface area contributed by atoms with Gasteiger partial charge in [-0.05, 0) is 77.5 Å². The predicted octanol–water partition coefficient (Wildman–Crippen LogP) is 8.61. The van der Waals surface area contributed by atoms with E-state index >= 15 is 0 Å². The van der Waals surface area contributed by atoms with Crippen LogP contribution in [0.4, 0.5) is 10.7 Å². The number of nitrogens with zero attached hydrogens (tertiary/aromatic N) is 2. The molecular formula is C30H23Br2N3O2S. The zero-order valence-corrected chi connectivity index (χ0v) is 24.3. The maximum Gasteiger partial charge on any atom is 0.259 e. The van der Waals surface area contributed by atoms with Gasteiger partial charge in [0, 0.05) is 32.4 Å². The number of thiophene rings is 1. The van der Waals surface area contributed by atoms with Crippen molar-refractivity contribution >= 4 is 66.0 Å². The number of halogens is 2. The standard InChI is InChI=1S/C30H23Br2N3O2S/c31-22-14-21(28(25(32)15-22)37-18-20-9-5-4-8-19(20)16-33)17-34-30-27(24-12-6-7-13-26(24)38-30)29(36)35-23-10-2-1-3-11-23/h1-5,8-11,14-15,17H,6-7,12-13,18H2,(H,35,36). The Balaban J connectivity index is 1.48. The molecule has 3 aromatic carbocycles. The number of carbonyl (C=O) groups excluding carboxylic acids is 1. The van der Waals surface area contributed by atoms with Crippen molar-refractivity contribution in [3.8, 4) is 11.8 Å². The molecule has 190 valence electrons. The average molecular weight is 649 g/mol. The van der Waals surface area contributed by atoms with Gasteiger partial charge in [-0.15, -0.1) is 11.3 Å². The van der Waals surface area contributed by atoms with E-state index in [1.54, 1.807) is 23.6 Å². The SMILES string of the molecule is N#Cc1ccccc1COc1c(Br)cc(Br)cc1C=Nc1sc2c(c1C(=O)Nc1ccccc1)CCCC2. The normalized spacial score (nSPS) is 12.7. The molecular weight excluding hydrogens is 626 g/mol. The number of fused-ring (bicyclic) bond motifs is 1. The quantitative estimate of drug-likeness (QED) is 0.204. The molecule has 1 aromatic heterocycles. The molecule has 0 spiro atoms. The van der Waals surface area contributed by atoms with E-state index in [4.69, 9.17) is 9.73 Å². The number of benzene rings is 3. The summed E-state index contributed by atoms with van der Waals surface area (Å²) in [6.45, 7) is 0.239. The Morgan fingerprint density at radius 3 is 2.66 bits per heavy atom. The van der Waals surface area contributed by atoms with E-state index in [2.05, 4.69) is 43.2 Å². The Hall–Kier alpha value is -3.25. The van der Waals surface area contributed by atoms with Gasteiger partial charge in [-0.3, -0.25) is 4.79 Å². The lowest BCUT2D eigenvalue weighted by molar-refractivity contribution is 0.102. The van der Waals surface area contributed by atoms with Crippen molar-refractivity contribution in [3.05, 3.63) is 108 Å². The van der Waals surface area contributed by atoms with Gasteiger partial charge in [0.2, 0.25) is 0 Å². The van der Waals surface area contributed by atoms with Gasteiger partial charge < -0.3 is 10.1 Å². The van der Waals surface area contributed by atoms with Crippen molar-refractivity contribution < 1.29 is 9.53 Å². The Morgan fingerprint density at radius 2 is 1.84 bits per heavy atom. The van der Waals surface area contributed by atoms with Crippen LogP contribution in [0.5, 0.6) is 5.75 Å². The number of nitrogens with one attached hydrogen (secondary N) is 1. The zero-order valence-electron chi connectivity index (χ0n) is 20.3. The molecule has 0 unspecified atom stereocenters. The predicted molar refractivity (Wildman–Crippen MR) is 160 cm³/mol. The van der Waals surface area contributed by atoms with Gasteiger partial charge in [-0.1, -0.05) is 52.3 Å². The zero-order chi connectivity index (χ0) is 26.5. The van der Waals surface area contributed by atoms with Gasteiger partial charge in [-0.2, -0.15) is 5.26 Å². The molecule has 5 nitrogen and oxygen atoms in total. The third kappa shape index (κ3) is 5.91. The van der Waals surface area contributed by atoms with E-state index in [9.17, 15) is 10.1 Å². The maximum absolute atomic E-state index is 13.4. The van der Waals surface area contributed by atoms with Crippen LogP contribution in [0.3, 0.4) is 0 Å². The van der Waals surface area contributed by atoms with Crippen molar-refractivity contribution in [2.45, 2.75) is 32.3 Å². The lowest BCUT2D eigenvalue weighted by atomic mass is 9.95. The molecule has 0 atom stereocenters. The number of carbonyl (C=O) groups is 1. The van der Waals surface area contributed by atoms with Crippen LogP contribution in [-0.4, -0.2) is 12.1 Å². The fourth-order valence-electron chi connectivity index (χ4n) is 4.45. The molecule has 0 saturated heterocycles. The van der Waals surface area contributed by atoms with Crippen LogP contribution in [0.25, 0.3) is 0 Å². The number of aryl methyl sites for hydroxylation is 1. The summed E-state index contributed by atoms with van der Waals surface area (Å²) >= 11 is 8.76. The van der Waals surface area contributed by atoms with Gasteiger partial charge in [0.15, 0.2) is 0 Å². The highest BCUT2D eigenvalue weighted by molar-refractivity contribution is 9.11. The average Bonchev–Trinajstić information content (AvgIpc) is 3.30. The summed E-state index contributed by atoms with van der Waals surface area (Å²) in [5.74, 6) is 0.476. The third-order valence-corrected chi connectivity index (χ3v) is 8.53. The van der Waals surface area contributed by atoms with Crippen LogP contribution in [0.1, 0.15) is 50.3 Å². The van der Waals surface area contributed by atoms with Crippen LogP contribution in [-0.2, 0) is 19.4 Å². The summed E-state index contributed by atoms with van der Waals surface area (Å²) in [4.78, 5) is 19.5. The Kier molecular flexibility index (Phi) is 8.38. The van der Waals surface area contributed by atoms with Gasteiger partial charge in [0.25, 0.3) is 5.91 Å². The van der Waals surface area contributed by atoms with E-state index in [0.717, 1.165) is 57.0 Å². The number of nitriles is 1. The molecule has 38 heavy (non-hydrogen) atoms. The second-order valence-electron chi connectivity index (χ2n) is 8.83. The maximum atomic E-state index is 13.4. The van der Waals surface area contributed by atoms with Crippen molar-refractivity contribution in [1.82, 2.24) is 0 Å². The minimum absolute atomic E-state index is 0.136. The lowest BCUT2D eigenvalue weighted by Crippen LogP contribution is -2.14. The van der Waals surface area contributed by atoms with Crippen molar-refractivity contribution in [2.24, 2.45) is 4.99 Å². The van der Waals surface area contributed by atoms with Crippen molar-refractivity contribution in [2.75, 3.05) is 5.32 Å². The molecule has 0 aliphatic heterocycles. The lowest BCUT2D eigenvalue weighted by Gasteiger charge is -2.13. The summed E-state index contributed by atoms with van der Waals surface area (Å²) in [5.41, 5.74) is 4.66. The Morgan fingerprint density at radius 1 is 1.08 bits per heavy atom. The highest BCUT2D eigenvalue weighted by Gasteiger charge is 2.25. The molecule has 1 heterocycles. The first-order valence-electron chi connectivity index (χ1n) is 12.2. The van der Waals surface area contributed by atoms with E-state index in [-0.39, 0.29) is 12.5 Å². The number of amides is 1. The summed E-state index contributed by atoms with van der Waals surface area (Å²) in [6, 6.07) is 22.9. The number of rotatable bonds is 7. The van der Waals surface area contributed by atoms with E-state index in [0.29, 0.717) is 21.9 Å². The van der Waals surface area contributed by atoms with Gasteiger partial charge >= 0.3 is 0 Å². The molecule has 5 rings (SSSR count). The van der Waals surface area contributed by atoms with Crippen molar-refractivity contribution in [3.63, 3.8) is 0 Å². The Bertz CT molecular complexity index is 1560. The largest absolute Gasteiger partial charge is 0.487 e.